The summed E-state index contributed by atoms with van der Waals surface area (Å²) < 4.78 is 22.7. The average Bonchev–Trinajstić information content (AvgIpc) is 3.06. The predicted molar refractivity (Wildman–Crippen MR) is 88.9 cm³/mol. The minimum Gasteiger partial charge on any atom is -0.356 e. The van der Waals surface area contributed by atoms with Crippen molar-refractivity contribution in [3.8, 4) is 0 Å². The lowest BCUT2D eigenvalue weighted by atomic mass is 10.1. The molecule has 1 saturated heterocycles. The van der Waals surface area contributed by atoms with Gasteiger partial charge in [-0.05, 0) is 31.6 Å². The Balaban J connectivity index is 0.00000180. The van der Waals surface area contributed by atoms with Crippen LogP contribution in [0.25, 0.3) is 0 Å². The number of halogens is 1. The average molecular weight is 401 g/mol. The van der Waals surface area contributed by atoms with Crippen molar-refractivity contribution in [1.82, 2.24) is 10.6 Å². The van der Waals surface area contributed by atoms with E-state index in [4.69, 9.17) is 0 Å². The smallest absolute Gasteiger partial charge is 0.191 e. The van der Waals surface area contributed by atoms with E-state index in [1.165, 1.54) is 12.8 Å². The lowest BCUT2D eigenvalue weighted by molar-refractivity contribution is 0.589. The molecule has 5 nitrogen and oxygen atoms in total. The van der Waals surface area contributed by atoms with E-state index in [1.54, 1.807) is 0 Å². The molecule has 2 fully saturated rings. The van der Waals surface area contributed by atoms with Crippen molar-refractivity contribution in [3.05, 3.63) is 0 Å². The van der Waals surface area contributed by atoms with Crippen LogP contribution in [0.4, 0.5) is 0 Å². The second-order valence-electron chi connectivity index (χ2n) is 5.30. The Morgan fingerprint density at radius 3 is 2.58 bits per heavy atom. The first kappa shape index (κ1) is 17.0. The SMILES string of the molecule is CCCNC(=NCC1CCS(=O)(=O)C1)NC1CC1.I. The molecule has 1 aliphatic carbocycles. The standard InChI is InChI=1S/C12H23N3O2S.HI/c1-2-6-13-12(15-11-3-4-11)14-8-10-5-7-18(16,17)9-10;/h10-11H,2-9H2,1H3,(H2,13,14,15);1H. The first-order valence-electron chi connectivity index (χ1n) is 6.84. The van der Waals surface area contributed by atoms with E-state index in [2.05, 4.69) is 22.5 Å². The minimum absolute atomic E-state index is 0. The van der Waals surface area contributed by atoms with Crippen LogP contribution in [-0.4, -0.2) is 45.0 Å². The van der Waals surface area contributed by atoms with Crippen LogP contribution in [0.5, 0.6) is 0 Å². The zero-order chi connectivity index (χ0) is 13.0. The van der Waals surface area contributed by atoms with E-state index in [9.17, 15) is 8.42 Å². The second kappa shape index (κ2) is 7.66. The normalized spacial score (nSPS) is 25.7. The van der Waals surface area contributed by atoms with Crippen LogP contribution >= 0.6 is 24.0 Å². The predicted octanol–water partition coefficient (Wildman–Crippen LogP) is 1.15. The van der Waals surface area contributed by atoms with E-state index in [-0.39, 0.29) is 29.9 Å². The van der Waals surface area contributed by atoms with Crippen molar-refractivity contribution in [2.45, 2.75) is 38.6 Å². The Morgan fingerprint density at radius 2 is 2.05 bits per heavy atom. The minimum atomic E-state index is -2.78. The summed E-state index contributed by atoms with van der Waals surface area (Å²) in [6.45, 7) is 3.64. The van der Waals surface area contributed by atoms with Crippen LogP contribution in [-0.2, 0) is 9.84 Å². The van der Waals surface area contributed by atoms with E-state index in [0.29, 0.717) is 24.1 Å². The van der Waals surface area contributed by atoms with E-state index in [1.807, 2.05) is 0 Å². The Kier molecular flexibility index (Phi) is 6.85. The lowest BCUT2D eigenvalue weighted by Crippen LogP contribution is -2.39. The maximum absolute atomic E-state index is 11.4. The number of nitrogens with one attached hydrogen (secondary N) is 2. The molecular formula is C12H24IN3O2S. The highest BCUT2D eigenvalue weighted by molar-refractivity contribution is 14.0. The molecule has 0 aromatic rings. The molecule has 0 bridgehead atoms. The number of hydrogen-bond acceptors (Lipinski definition) is 3. The highest BCUT2D eigenvalue weighted by Crippen LogP contribution is 2.20. The molecule has 7 heteroatoms. The second-order valence-corrected chi connectivity index (χ2v) is 7.53. The number of sulfone groups is 1. The van der Waals surface area contributed by atoms with Gasteiger partial charge in [0.1, 0.15) is 0 Å². The van der Waals surface area contributed by atoms with Crippen molar-refractivity contribution >= 4 is 39.8 Å². The molecule has 19 heavy (non-hydrogen) atoms. The molecule has 1 saturated carbocycles. The molecule has 1 heterocycles. The van der Waals surface area contributed by atoms with Crippen LogP contribution < -0.4 is 10.6 Å². The van der Waals surface area contributed by atoms with Gasteiger partial charge in [0.15, 0.2) is 15.8 Å². The maximum Gasteiger partial charge on any atom is 0.191 e. The third kappa shape index (κ3) is 6.29. The topological polar surface area (TPSA) is 70.6 Å². The molecule has 2 aliphatic rings. The van der Waals surface area contributed by atoms with Crippen LogP contribution in [0.15, 0.2) is 4.99 Å². The molecule has 0 aromatic heterocycles. The quantitative estimate of drug-likeness (QED) is 0.412. The van der Waals surface area contributed by atoms with Crippen molar-refractivity contribution in [2.24, 2.45) is 10.9 Å². The third-order valence-electron chi connectivity index (χ3n) is 3.29. The molecular weight excluding hydrogens is 377 g/mol. The van der Waals surface area contributed by atoms with Crippen LogP contribution in [0, 0.1) is 5.92 Å². The lowest BCUT2D eigenvalue weighted by Gasteiger charge is -2.12. The summed E-state index contributed by atoms with van der Waals surface area (Å²) in [4.78, 5) is 4.52. The summed E-state index contributed by atoms with van der Waals surface area (Å²) in [5.74, 6) is 1.69. The molecule has 2 rings (SSSR count). The van der Waals surface area contributed by atoms with Gasteiger partial charge in [0, 0.05) is 19.1 Å². The fraction of sp³-hybridized carbons (Fsp3) is 0.917. The first-order valence-corrected chi connectivity index (χ1v) is 8.66. The molecule has 1 atom stereocenters. The van der Waals surface area contributed by atoms with Gasteiger partial charge >= 0.3 is 0 Å². The summed E-state index contributed by atoms with van der Waals surface area (Å²) in [6, 6.07) is 0.570. The molecule has 1 unspecified atom stereocenters. The third-order valence-corrected chi connectivity index (χ3v) is 5.13. The summed E-state index contributed by atoms with van der Waals surface area (Å²) >= 11 is 0. The van der Waals surface area contributed by atoms with E-state index < -0.39 is 9.84 Å². The highest BCUT2D eigenvalue weighted by atomic mass is 127. The highest BCUT2D eigenvalue weighted by Gasteiger charge is 2.28. The summed E-state index contributed by atoms with van der Waals surface area (Å²) in [6.07, 6.45) is 4.24. The number of rotatable bonds is 5. The van der Waals surface area contributed by atoms with E-state index in [0.717, 1.165) is 25.3 Å². The molecule has 112 valence electrons. The van der Waals surface area contributed by atoms with Crippen LogP contribution in [0.2, 0.25) is 0 Å². The van der Waals surface area contributed by atoms with Crippen LogP contribution in [0.3, 0.4) is 0 Å². The molecule has 0 radical (unpaired) electrons. The van der Waals surface area contributed by atoms with Crippen molar-refractivity contribution in [1.29, 1.82) is 0 Å². The number of guanidine groups is 1. The zero-order valence-electron chi connectivity index (χ0n) is 11.4. The molecule has 1 aliphatic heterocycles. The van der Waals surface area contributed by atoms with E-state index >= 15 is 0 Å². The summed E-state index contributed by atoms with van der Waals surface area (Å²) in [5, 5.41) is 6.63. The summed E-state index contributed by atoms with van der Waals surface area (Å²) in [7, 11) is -2.78. The van der Waals surface area contributed by atoms with Gasteiger partial charge in [-0.1, -0.05) is 6.92 Å². The molecule has 2 N–H and O–H groups in total. The zero-order valence-corrected chi connectivity index (χ0v) is 14.5. The van der Waals surface area contributed by atoms with Crippen molar-refractivity contribution in [2.75, 3.05) is 24.6 Å². The monoisotopic (exact) mass is 401 g/mol. The maximum atomic E-state index is 11.4. The molecule has 0 aromatic carbocycles. The first-order chi connectivity index (χ1) is 8.59. The number of aliphatic imine (C=N–C) groups is 1. The fourth-order valence-corrected chi connectivity index (χ4v) is 3.90. The van der Waals surface area contributed by atoms with Gasteiger partial charge in [-0.25, -0.2) is 8.42 Å². The molecule has 0 amide bonds. The van der Waals surface area contributed by atoms with Crippen LogP contribution in [0.1, 0.15) is 32.6 Å². The Labute approximate surface area is 133 Å². The largest absolute Gasteiger partial charge is 0.356 e. The number of nitrogens with zero attached hydrogens (tertiary/aromatic N) is 1. The van der Waals surface area contributed by atoms with Gasteiger partial charge in [0.25, 0.3) is 0 Å². The Hall–Kier alpha value is -0.0500. The van der Waals surface area contributed by atoms with Gasteiger partial charge < -0.3 is 10.6 Å². The van der Waals surface area contributed by atoms with Gasteiger partial charge in [-0.15, -0.1) is 24.0 Å². The Bertz CT molecular complexity index is 407. The van der Waals surface area contributed by atoms with Gasteiger partial charge in [-0.2, -0.15) is 0 Å². The van der Waals surface area contributed by atoms with Gasteiger partial charge in [0.05, 0.1) is 11.5 Å². The number of hydrogen-bond donors (Lipinski definition) is 2. The fourth-order valence-electron chi connectivity index (χ4n) is 2.05. The molecule has 0 spiro atoms. The Morgan fingerprint density at radius 1 is 1.32 bits per heavy atom. The summed E-state index contributed by atoms with van der Waals surface area (Å²) in [5.41, 5.74) is 0. The van der Waals surface area contributed by atoms with Gasteiger partial charge in [0.2, 0.25) is 0 Å². The van der Waals surface area contributed by atoms with Gasteiger partial charge in [-0.3, -0.25) is 4.99 Å². The van der Waals surface area contributed by atoms with Crippen molar-refractivity contribution < 1.29 is 8.42 Å². The van der Waals surface area contributed by atoms with Crippen molar-refractivity contribution in [3.63, 3.8) is 0 Å².